The van der Waals surface area contributed by atoms with Crippen molar-refractivity contribution in [2.75, 3.05) is 12.4 Å². The Bertz CT molecular complexity index is 1140. The smallest absolute Gasteiger partial charge is 0.343 e. The number of ether oxygens (including phenoxy) is 2. The lowest BCUT2D eigenvalue weighted by atomic mass is 10.1. The van der Waals surface area contributed by atoms with Crippen molar-refractivity contribution in [3.05, 3.63) is 89.5 Å². The van der Waals surface area contributed by atoms with Gasteiger partial charge in [0.05, 0.1) is 18.9 Å². The molecule has 33 heavy (non-hydrogen) atoms. The van der Waals surface area contributed by atoms with Crippen molar-refractivity contribution in [2.45, 2.75) is 13.3 Å². The third-order valence-electron chi connectivity index (χ3n) is 4.62. The number of methoxy groups -OCH3 is 1. The minimum atomic E-state index is -0.893. The SMILES string of the molecule is CCc1ccc(NC(=O)C(=O)N/N=C/c2ccc(OC(=O)c3ccc(OC)cc3)cc2)cc1. The molecule has 0 saturated carbocycles. The molecule has 0 bridgehead atoms. The minimum absolute atomic E-state index is 0.352. The van der Waals surface area contributed by atoms with E-state index in [1.54, 1.807) is 67.8 Å². The van der Waals surface area contributed by atoms with Gasteiger partial charge in [-0.25, -0.2) is 10.2 Å². The van der Waals surface area contributed by atoms with E-state index in [2.05, 4.69) is 15.8 Å². The highest BCUT2D eigenvalue weighted by molar-refractivity contribution is 6.39. The average molecular weight is 445 g/mol. The molecule has 0 aromatic heterocycles. The Morgan fingerprint density at radius 3 is 2.09 bits per heavy atom. The van der Waals surface area contributed by atoms with Crippen molar-refractivity contribution in [1.29, 1.82) is 0 Å². The van der Waals surface area contributed by atoms with Gasteiger partial charge in [0.1, 0.15) is 11.5 Å². The molecule has 8 nitrogen and oxygen atoms in total. The fourth-order valence-corrected chi connectivity index (χ4v) is 2.74. The molecule has 0 fully saturated rings. The molecule has 0 aliphatic rings. The number of nitrogens with zero attached hydrogens (tertiary/aromatic N) is 1. The molecular weight excluding hydrogens is 422 g/mol. The van der Waals surface area contributed by atoms with Gasteiger partial charge in [-0.15, -0.1) is 0 Å². The third kappa shape index (κ3) is 6.76. The van der Waals surface area contributed by atoms with Crippen LogP contribution in [-0.4, -0.2) is 31.1 Å². The Kier molecular flexibility index (Phi) is 7.91. The van der Waals surface area contributed by atoms with E-state index in [1.165, 1.54) is 6.21 Å². The van der Waals surface area contributed by atoms with Crippen LogP contribution < -0.4 is 20.2 Å². The average Bonchev–Trinajstić information content (AvgIpc) is 2.85. The summed E-state index contributed by atoms with van der Waals surface area (Å²) in [5.41, 5.74) is 4.85. The molecule has 0 atom stereocenters. The molecule has 0 aliphatic carbocycles. The number of amides is 2. The van der Waals surface area contributed by atoms with Crippen molar-refractivity contribution in [2.24, 2.45) is 5.10 Å². The van der Waals surface area contributed by atoms with Crippen LogP contribution in [0.25, 0.3) is 0 Å². The molecule has 0 heterocycles. The standard InChI is InChI=1S/C25H23N3O5/c1-3-17-4-10-20(11-5-17)27-23(29)24(30)28-26-16-18-6-12-22(13-7-18)33-25(31)19-8-14-21(32-2)15-9-19/h4-16H,3H2,1-2H3,(H,27,29)(H,28,30)/b26-16+. The first-order valence-electron chi connectivity index (χ1n) is 10.2. The molecular formula is C25H23N3O5. The molecule has 3 aromatic carbocycles. The van der Waals surface area contributed by atoms with Crippen molar-refractivity contribution < 1.29 is 23.9 Å². The largest absolute Gasteiger partial charge is 0.497 e. The normalized spacial score (nSPS) is 10.5. The van der Waals surface area contributed by atoms with E-state index < -0.39 is 17.8 Å². The van der Waals surface area contributed by atoms with Crippen LogP contribution in [0.3, 0.4) is 0 Å². The predicted molar refractivity (Wildman–Crippen MR) is 125 cm³/mol. The first kappa shape index (κ1) is 23.2. The highest BCUT2D eigenvalue weighted by Crippen LogP contribution is 2.16. The van der Waals surface area contributed by atoms with Crippen LogP contribution in [0, 0.1) is 0 Å². The zero-order valence-electron chi connectivity index (χ0n) is 18.2. The maximum Gasteiger partial charge on any atom is 0.343 e. The van der Waals surface area contributed by atoms with Crippen LogP contribution >= 0.6 is 0 Å². The molecule has 0 radical (unpaired) electrons. The number of carbonyl (C=O) groups excluding carboxylic acids is 3. The predicted octanol–water partition coefficient (Wildman–Crippen LogP) is 3.57. The Morgan fingerprint density at radius 1 is 0.848 bits per heavy atom. The summed E-state index contributed by atoms with van der Waals surface area (Å²) in [7, 11) is 1.55. The second-order valence-corrected chi connectivity index (χ2v) is 6.89. The summed E-state index contributed by atoms with van der Waals surface area (Å²) >= 11 is 0. The van der Waals surface area contributed by atoms with Gasteiger partial charge in [-0.1, -0.05) is 19.1 Å². The highest BCUT2D eigenvalue weighted by Gasteiger charge is 2.13. The lowest BCUT2D eigenvalue weighted by molar-refractivity contribution is -0.136. The number of nitrogens with one attached hydrogen (secondary N) is 2. The molecule has 2 N–H and O–H groups in total. The summed E-state index contributed by atoms with van der Waals surface area (Å²) in [5.74, 6) is -1.22. The molecule has 8 heteroatoms. The van der Waals surface area contributed by atoms with Crippen LogP contribution in [0.5, 0.6) is 11.5 Å². The molecule has 0 saturated heterocycles. The van der Waals surface area contributed by atoms with Gasteiger partial charge >= 0.3 is 17.8 Å². The first-order chi connectivity index (χ1) is 16.0. The van der Waals surface area contributed by atoms with E-state index in [0.717, 1.165) is 12.0 Å². The van der Waals surface area contributed by atoms with Gasteiger partial charge < -0.3 is 14.8 Å². The molecule has 3 rings (SSSR count). The van der Waals surface area contributed by atoms with E-state index in [4.69, 9.17) is 9.47 Å². The van der Waals surface area contributed by atoms with E-state index in [1.807, 2.05) is 19.1 Å². The first-order valence-corrected chi connectivity index (χ1v) is 10.2. The van der Waals surface area contributed by atoms with E-state index in [0.29, 0.717) is 28.3 Å². The third-order valence-corrected chi connectivity index (χ3v) is 4.62. The summed E-state index contributed by atoms with van der Waals surface area (Å²) in [6, 6.07) is 20.3. The molecule has 3 aromatic rings. The van der Waals surface area contributed by atoms with Crippen molar-refractivity contribution in [1.82, 2.24) is 5.43 Å². The molecule has 0 aliphatic heterocycles. The summed E-state index contributed by atoms with van der Waals surface area (Å²) in [5, 5.41) is 6.29. The topological polar surface area (TPSA) is 106 Å². The number of anilines is 1. The zero-order valence-corrected chi connectivity index (χ0v) is 18.2. The fourth-order valence-electron chi connectivity index (χ4n) is 2.74. The number of esters is 1. The zero-order chi connectivity index (χ0) is 23.6. The summed E-state index contributed by atoms with van der Waals surface area (Å²) in [6.45, 7) is 2.03. The lowest BCUT2D eigenvalue weighted by Gasteiger charge is -2.06. The van der Waals surface area contributed by atoms with Gasteiger partial charge in [0.25, 0.3) is 0 Å². The maximum atomic E-state index is 12.2. The van der Waals surface area contributed by atoms with E-state index in [-0.39, 0.29) is 0 Å². The monoisotopic (exact) mass is 445 g/mol. The highest BCUT2D eigenvalue weighted by atomic mass is 16.5. The number of hydrogen-bond acceptors (Lipinski definition) is 6. The van der Waals surface area contributed by atoms with Crippen LogP contribution in [-0.2, 0) is 16.0 Å². The Balaban J connectivity index is 1.49. The maximum absolute atomic E-state index is 12.2. The number of benzene rings is 3. The van der Waals surface area contributed by atoms with Gasteiger partial charge in [0.15, 0.2) is 0 Å². The van der Waals surface area contributed by atoms with E-state index >= 15 is 0 Å². The van der Waals surface area contributed by atoms with Gasteiger partial charge in [0, 0.05) is 5.69 Å². The molecule has 2 amide bonds. The van der Waals surface area contributed by atoms with Gasteiger partial charge in [-0.3, -0.25) is 9.59 Å². The van der Waals surface area contributed by atoms with Crippen LogP contribution in [0.2, 0.25) is 0 Å². The van der Waals surface area contributed by atoms with Gasteiger partial charge in [0.2, 0.25) is 0 Å². The second-order valence-electron chi connectivity index (χ2n) is 6.89. The number of carbonyl (C=O) groups is 3. The molecule has 0 spiro atoms. The number of hydrazone groups is 1. The number of rotatable bonds is 7. The number of hydrogen-bond donors (Lipinski definition) is 2. The Morgan fingerprint density at radius 2 is 1.48 bits per heavy atom. The van der Waals surface area contributed by atoms with Crippen molar-refractivity contribution >= 4 is 29.7 Å². The number of aryl methyl sites for hydroxylation is 1. The van der Waals surface area contributed by atoms with Crippen molar-refractivity contribution in [3.8, 4) is 11.5 Å². The second kappa shape index (κ2) is 11.2. The lowest BCUT2D eigenvalue weighted by Crippen LogP contribution is -2.32. The fraction of sp³-hybridized carbons (Fsp3) is 0.120. The minimum Gasteiger partial charge on any atom is -0.497 e. The summed E-state index contributed by atoms with van der Waals surface area (Å²) in [4.78, 5) is 36.1. The molecule has 168 valence electrons. The van der Waals surface area contributed by atoms with Crippen LogP contribution in [0.15, 0.2) is 77.9 Å². The van der Waals surface area contributed by atoms with Crippen LogP contribution in [0.1, 0.15) is 28.4 Å². The summed E-state index contributed by atoms with van der Waals surface area (Å²) in [6.07, 6.45) is 2.26. The Hall–Kier alpha value is -4.46. The summed E-state index contributed by atoms with van der Waals surface area (Å²) < 4.78 is 10.4. The van der Waals surface area contributed by atoms with Gasteiger partial charge in [-0.2, -0.15) is 5.10 Å². The van der Waals surface area contributed by atoms with Crippen LogP contribution in [0.4, 0.5) is 5.69 Å². The quantitative estimate of drug-likeness (QED) is 0.190. The van der Waals surface area contributed by atoms with E-state index in [9.17, 15) is 14.4 Å². The van der Waals surface area contributed by atoms with Crippen molar-refractivity contribution in [3.63, 3.8) is 0 Å². The van der Waals surface area contributed by atoms with Gasteiger partial charge in [-0.05, 0) is 78.2 Å². The molecule has 0 unspecified atom stereocenters. The Labute approximate surface area is 191 Å².